The molecule has 0 spiro atoms. The highest BCUT2D eigenvalue weighted by atomic mass is 79.9. The Hall–Kier alpha value is -0.480. The first kappa shape index (κ1) is 11.6. The van der Waals surface area contributed by atoms with Crippen LogP contribution >= 0.6 is 15.9 Å². The van der Waals surface area contributed by atoms with E-state index < -0.39 is 0 Å². The van der Waals surface area contributed by atoms with Crippen LogP contribution in [0.3, 0.4) is 0 Å². The van der Waals surface area contributed by atoms with Gasteiger partial charge in [-0.3, -0.25) is 4.39 Å². The summed E-state index contributed by atoms with van der Waals surface area (Å²) in [6.45, 7) is 0.681. The highest BCUT2D eigenvalue weighted by Gasteiger charge is 2.01. The van der Waals surface area contributed by atoms with Gasteiger partial charge in [-0.15, -0.1) is 0 Å². The van der Waals surface area contributed by atoms with Gasteiger partial charge in [0.15, 0.2) is 0 Å². The molecule has 0 aromatic heterocycles. The van der Waals surface area contributed by atoms with E-state index in [-0.39, 0.29) is 12.5 Å². The summed E-state index contributed by atoms with van der Waals surface area (Å²) in [6.07, 6.45) is 0.470. The number of rotatable bonds is 5. The van der Waals surface area contributed by atoms with Crippen LogP contribution in [0, 0.1) is 5.82 Å². The van der Waals surface area contributed by atoms with Gasteiger partial charge < -0.3 is 5.32 Å². The summed E-state index contributed by atoms with van der Waals surface area (Å²) in [5, 5.41) is 2.97. The third kappa shape index (κ3) is 3.72. The molecule has 0 atom stereocenters. The van der Waals surface area contributed by atoms with Crippen LogP contribution in [0.15, 0.2) is 22.7 Å². The molecule has 1 N–H and O–H groups in total. The molecule has 0 fully saturated rings. The zero-order valence-corrected chi connectivity index (χ0v) is 9.28. The standard InChI is InChI=1S/C10H12BrF2N/c11-9-3-2-8(10(13)6-9)7-14-5-1-4-12/h2-3,6,14H,1,4-5,7H2. The Bertz CT molecular complexity index is 291. The van der Waals surface area contributed by atoms with Crippen molar-refractivity contribution in [3.63, 3.8) is 0 Å². The fourth-order valence-electron chi connectivity index (χ4n) is 1.08. The van der Waals surface area contributed by atoms with E-state index in [1.165, 1.54) is 6.07 Å². The normalized spacial score (nSPS) is 10.5. The number of nitrogens with one attached hydrogen (secondary N) is 1. The molecule has 0 bridgehead atoms. The van der Waals surface area contributed by atoms with Gasteiger partial charge in [0.1, 0.15) is 5.82 Å². The molecule has 1 nitrogen and oxygen atoms in total. The summed E-state index contributed by atoms with van der Waals surface area (Å²) < 4.78 is 25.7. The van der Waals surface area contributed by atoms with E-state index in [0.717, 1.165) is 4.47 Å². The Labute approximate surface area is 90.6 Å². The first-order valence-corrected chi connectivity index (χ1v) is 5.24. The average Bonchev–Trinajstić information content (AvgIpc) is 2.15. The van der Waals surface area contributed by atoms with Crippen molar-refractivity contribution in [3.05, 3.63) is 34.1 Å². The molecule has 78 valence electrons. The lowest BCUT2D eigenvalue weighted by Crippen LogP contribution is -2.15. The van der Waals surface area contributed by atoms with Gasteiger partial charge in [0, 0.05) is 16.6 Å². The van der Waals surface area contributed by atoms with Crippen LogP contribution in [0.1, 0.15) is 12.0 Å². The summed E-state index contributed by atoms with van der Waals surface area (Å²) in [4.78, 5) is 0. The molecule has 0 aliphatic heterocycles. The second-order valence-electron chi connectivity index (χ2n) is 2.96. The van der Waals surface area contributed by atoms with E-state index in [1.54, 1.807) is 12.1 Å². The Morgan fingerprint density at radius 3 is 2.79 bits per heavy atom. The molecule has 1 rings (SSSR count). The van der Waals surface area contributed by atoms with Gasteiger partial charge >= 0.3 is 0 Å². The fraction of sp³-hybridized carbons (Fsp3) is 0.400. The van der Waals surface area contributed by atoms with Crippen molar-refractivity contribution in [1.82, 2.24) is 5.32 Å². The van der Waals surface area contributed by atoms with Crippen molar-refractivity contribution in [1.29, 1.82) is 0 Å². The summed E-state index contributed by atoms with van der Waals surface area (Å²) in [5.74, 6) is -0.243. The van der Waals surface area contributed by atoms with Crippen molar-refractivity contribution in [2.75, 3.05) is 13.2 Å². The number of alkyl halides is 1. The second-order valence-corrected chi connectivity index (χ2v) is 3.87. The largest absolute Gasteiger partial charge is 0.312 e. The van der Waals surface area contributed by atoms with Gasteiger partial charge in [0.05, 0.1) is 6.67 Å². The van der Waals surface area contributed by atoms with Crippen LogP contribution < -0.4 is 5.32 Å². The lowest BCUT2D eigenvalue weighted by molar-refractivity contribution is 0.457. The minimum absolute atomic E-state index is 0.243. The van der Waals surface area contributed by atoms with Gasteiger partial charge in [0.25, 0.3) is 0 Å². The third-order valence-corrected chi connectivity index (χ3v) is 2.31. The number of benzene rings is 1. The second kappa shape index (κ2) is 6.09. The predicted octanol–water partition coefficient (Wildman–Crippen LogP) is 3.04. The number of hydrogen-bond donors (Lipinski definition) is 1. The van der Waals surface area contributed by atoms with Gasteiger partial charge in [-0.1, -0.05) is 22.0 Å². The highest BCUT2D eigenvalue weighted by Crippen LogP contribution is 2.14. The molecule has 0 saturated carbocycles. The predicted molar refractivity (Wildman–Crippen MR) is 56.4 cm³/mol. The topological polar surface area (TPSA) is 12.0 Å². The SMILES string of the molecule is FCCCNCc1ccc(Br)cc1F. The van der Waals surface area contributed by atoms with Crippen molar-refractivity contribution >= 4 is 15.9 Å². The summed E-state index contributed by atoms with van der Waals surface area (Å²) in [5.41, 5.74) is 0.604. The Kier molecular flexibility index (Phi) is 5.04. The quantitative estimate of drug-likeness (QED) is 0.806. The first-order chi connectivity index (χ1) is 6.74. The third-order valence-electron chi connectivity index (χ3n) is 1.82. The molecule has 0 heterocycles. The molecule has 0 saturated heterocycles. The van der Waals surface area contributed by atoms with Crippen LogP contribution in [0.5, 0.6) is 0 Å². The minimum Gasteiger partial charge on any atom is -0.312 e. The van der Waals surface area contributed by atoms with E-state index in [4.69, 9.17) is 0 Å². The average molecular weight is 264 g/mol. The van der Waals surface area contributed by atoms with Crippen molar-refractivity contribution in [3.8, 4) is 0 Å². The summed E-state index contributed by atoms with van der Waals surface area (Å²) in [7, 11) is 0. The Morgan fingerprint density at radius 1 is 1.36 bits per heavy atom. The van der Waals surface area contributed by atoms with Gasteiger partial charge in [0.2, 0.25) is 0 Å². The van der Waals surface area contributed by atoms with Crippen LogP contribution in [-0.4, -0.2) is 13.2 Å². The molecule has 4 heteroatoms. The maximum Gasteiger partial charge on any atom is 0.128 e. The first-order valence-electron chi connectivity index (χ1n) is 4.44. The summed E-state index contributed by atoms with van der Waals surface area (Å²) >= 11 is 3.18. The van der Waals surface area contributed by atoms with E-state index in [9.17, 15) is 8.78 Å². The van der Waals surface area contributed by atoms with E-state index in [0.29, 0.717) is 25.1 Å². The monoisotopic (exact) mass is 263 g/mol. The molecule has 0 radical (unpaired) electrons. The molecular weight excluding hydrogens is 252 g/mol. The van der Waals surface area contributed by atoms with Crippen molar-refractivity contribution in [2.24, 2.45) is 0 Å². The van der Waals surface area contributed by atoms with E-state index >= 15 is 0 Å². The molecule has 0 unspecified atom stereocenters. The van der Waals surface area contributed by atoms with Crippen molar-refractivity contribution < 1.29 is 8.78 Å². The minimum atomic E-state index is -0.337. The molecule has 1 aromatic rings. The Balaban J connectivity index is 2.42. The molecule has 0 aliphatic rings. The molecule has 1 aromatic carbocycles. The maximum absolute atomic E-state index is 13.2. The molecule has 0 amide bonds. The van der Waals surface area contributed by atoms with Crippen LogP contribution in [0.25, 0.3) is 0 Å². The maximum atomic E-state index is 13.2. The highest BCUT2D eigenvalue weighted by molar-refractivity contribution is 9.10. The van der Waals surface area contributed by atoms with Gasteiger partial charge in [-0.2, -0.15) is 0 Å². The van der Waals surface area contributed by atoms with Gasteiger partial charge in [-0.05, 0) is 25.1 Å². The van der Waals surface area contributed by atoms with Crippen LogP contribution in [0.2, 0.25) is 0 Å². The zero-order chi connectivity index (χ0) is 10.4. The molecule has 0 aliphatic carbocycles. The van der Waals surface area contributed by atoms with E-state index in [2.05, 4.69) is 21.2 Å². The lowest BCUT2D eigenvalue weighted by Gasteiger charge is -2.04. The van der Waals surface area contributed by atoms with Crippen molar-refractivity contribution in [2.45, 2.75) is 13.0 Å². The smallest absolute Gasteiger partial charge is 0.128 e. The molecule has 14 heavy (non-hydrogen) atoms. The Morgan fingerprint density at radius 2 is 2.14 bits per heavy atom. The molecular formula is C10H12BrF2N. The van der Waals surface area contributed by atoms with Crippen LogP contribution in [0.4, 0.5) is 8.78 Å². The fourth-order valence-corrected chi connectivity index (χ4v) is 1.41. The zero-order valence-electron chi connectivity index (χ0n) is 7.69. The van der Waals surface area contributed by atoms with Gasteiger partial charge in [-0.25, -0.2) is 4.39 Å². The lowest BCUT2D eigenvalue weighted by atomic mass is 10.2. The summed E-state index contributed by atoms with van der Waals surface area (Å²) in [6, 6.07) is 4.92. The number of halogens is 3. The van der Waals surface area contributed by atoms with Crippen LogP contribution in [-0.2, 0) is 6.54 Å². The van der Waals surface area contributed by atoms with E-state index in [1.807, 2.05) is 0 Å². The number of hydrogen-bond acceptors (Lipinski definition) is 1.